The molecular formula is C19H14N2O2. The molecule has 4 nitrogen and oxygen atoms in total. The van der Waals surface area contributed by atoms with Crippen molar-refractivity contribution in [2.24, 2.45) is 0 Å². The van der Waals surface area contributed by atoms with Crippen molar-refractivity contribution < 1.29 is 9.59 Å². The van der Waals surface area contributed by atoms with E-state index in [1.165, 1.54) is 4.90 Å². The highest BCUT2D eigenvalue weighted by Crippen LogP contribution is 2.28. The Balaban J connectivity index is 1.71. The lowest BCUT2D eigenvalue weighted by atomic mass is 10.0. The van der Waals surface area contributed by atoms with Crippen LogP contribution in [0.25, 0.3) is 11.1 Å². The molecular weight excluding hydrogens is 288 g/mol. The SMILES string of the molecule is O=C1c2ccccc2C(=O)N1Cc1ccccc1-c1cc[nH]c1. The standard InChI is InChI=1S/C19H14N2O2/c22-18-16-7-3-4-8-17(16)19(23)21(18)12-14-5-1-2-6-15(14)13-9-10-20-11-13/h1-11,20H,12H2. The molecule has 0 spiro atoms. The van der Waals surface area contributed by atoms with Crippen molar-refractivity contribution in [3.8, 4) is 11.1 Å². The molecule has 2 aromatic carbocycles. The van der Waals surface area contributed by atoms with Crippen LogP contribution in [0.5, 0.6) is 0 Å². The van der Waals surface area contributed by atoms with E-state index in [-0.39, 0.29) is 18.4 Å². The van der Waals surface area contributed by atoms with Crippen LogP contribution in [0.1, 0.15) is 26.3 Å². The fourth-order valence-electron chi connectivity index (χ4n) is 2.98. The van der Waals surface area contributed by atoms with E-state index in [4.69, 9.17) is 0 Å². The van der Waals surface area contributed by atoms with Crippen molar-refractivity contribution in [3.63, 3.8) is 0 Å². The largest absolute Gasteiger partial charge is 0.367 e. The molecule has 1 aliphatic heterocycles. The van der Waals surface area contributed by atoms with E-state index in [0.29, 0.717) is 11.1 Å². The maximum absolute atomic E-state index is 12.5. The minimum absolute atomic E-state index is 0.227. The summed E-state index contributed by atoms with van der Waals surface area (Å²) in [5, 5.41) is 0. The van der Waals surface area contributed by atoms with Gasteiger partial charge in [0.25, 0.3) is 11.8 Å². The number of hydrogen-bond donors (Lipinski definition) is 1. The highest BCUT2D eigenvalue weighted by atomic mass is 16.2. The number of amides is 2. The maximum Gasteiger partial charge on any atom is 0.261 e. The first-order valence-electron chi connectivity index (χ1n) is 7.42. The van der Waals surface area contributed by atoms with Crippen LogP contribution in [0.3, 0.4) is 0 Å². The van der Waals surface area contributed by atoms with Crippen LogP contribution in [0, 0.1) is 0 Å². The Labute approximate surface area is 133 Å². The second-order valence-electron chi connectivity index (χ2n) is 5.50. The van der Waals surface area contributed by atoms with E-state index in [1.54, 1.807) is 24.3 Å². The summed E-state index contributed by atoms with van der Waals surface area (Å²) < 4.78 is 0. The molecule has 3 aromatic rings. The van der Waals surface area contributed by atoms with Crippen LogP contribution in [0.4, 0.5) is 0 Å². The number of aromatic amines is 1. The number of nitrogens with one attached hydrogen (secondary N) is 1. The van der Waals surface area contributed by atoms with Crippen LogP contribution in [-0.4, -0.2) is 21.7 Å². The third-order valence-electron chi connectivity index (χ3n) is 4.13. The van der Waals surface area contributed by atoms with E-state index in [9.17, 15) is 9.59 Å². The Morgan fingerprint density at radius 3 is 2.00 bits per heavy atom. The fourth-order valence-corrected chi connectivity index (χ4v) is 2.98. The van der Waals surface area contributed by atoms with Crippen molar-refractivity contribution >= 4 is 11.8 Å². The number of nitrogens with zero attached hydrogens (tertiary/aromatic N) is 1. The number of rotatable bonds is 3. The van der Waals surface area contributed by atoms with Crippen LogP contribution >= 0.6 is 0 Å². The molecule has 2 amide bonds. The Morgan fingerprint density at radius 1 is 0.783 bits per heavy atom. The first kappa shape index (κ1) is 13.5. The molecule has 0 atom stereocenters. The predicted molar refractivity (Wildman–Crippen MR) is 86.9 cm³/mol. The summed E-state index contributed by atoms with van der Waals surface area (Å²) in [5.74, 6) is -0.455. The van der Waals surface area contributed by atoms with Crippen molar-refractivity contribution in [3.05, 3.63) is 83.7 Å². The van der Waals surface area contributed by atoms with Gasteiger partial charge in [-0.05, 0) is 34.9 Å². The maximum atomic E-state index is 12.5. The third kappa shape index (κ3) is 2.16. The fraction of sp³-hybridized carbons (Fsp3) is 0.0526. The van der Waals surface area contributed by atoms with E-state index < -0.39 is 0 Å². The molecule has 0 aliphatic carbocycles. The topological polar surface area (TPSA) is 53.2 Å². The Kier molecular flexibility index (Phi) is 3.08. The molecule has 1 aliphatic rings. The average molecular weight is 302 g/mol. The van der Waals surface area contributed by atoms with Gasteiger partial charge >= 0.3 is 0 Å². The minimum Gasteiger partial charge on any atom is -0.367 e. The quantitative estimate of drug-likeness (QED) is 0.753. The van der Waals surface area contributed by atoms with Crippen LogP contribution < -0.4 is 0 Å². The second kappa shape index (κ2) is 5.25. The highest BCUT2D eigenvalue weighted by Gasteiger charge is 2.35. The molecule has 0 fully saturated rings. The molecule has 23 heavy (non-hydrogen) atoms. The molecule has 4 rings (SSSR count). The number of carbonyl (C=O) groups excluding carboxylic acids is 2. The average Bonchev–Trinajstić information content (AvgIpc) is 3.20. The van der Waals surface area contributed by atoms with Gasteiger partial charge in [0, 0.05) is 12.4 Å². The zero-order valence-corrected chi connectivity index (χ0v) is 12.3. The van der Waals surface area contributed by atoms with Gasteiger partial charge in [0.1, 0.15) is 0 Å². The lowest BCUT2D eigenvalue weighted by Gasteiger charge is -2.16. The molecule has 0 bridgehead atoms. The summed E-state index contributed by atoms with van der Waals surface area (Å²) in [5.41, 5.74) is 3.97. The highest BCUT2D eigenvalue weighted by molar-refractivity contribution is 6.21. The van der Waals surface area contributed by atoms with Gasteiger partial charge in [0.05, 0.1) is 17.7 Å². The van der Waals surface area contributed by atoms with E-state index in [1.807, 2.05) is 42.7 Å². The van der Waals surface area contributed by atoms with Crippen molar-refractivity contribution in [1.29, 1.82) is 0 Å². The summed E-state index contributed by atoms with van der Waals surface area (Å²) in [6.45, 7) is 0.272. The molecule has 4 heteroatoms. The van der Waals surface area contributed by atoms with E-state index in [0.717, 1.165) is 16.7 Å². The number of H-pyrrole nitrogens is 1. The molecule has 1 N–H and O–H groups in total. The first-order chi connectivity index (χ1) is 11.3. The van der Waals surface area contributed by atoms with Gasteiger partial charge in [-0.1, -0.05) is 36.4 Å². The smallest absolute Gasteiger partial charge is 0.261 e. The lowest BCUT2D eigenvalue weighted by Crippen LogP contribution is -2.29. The molecule has 0 unspecified atom stereocenters. The molecule has 0 saturated heterocycles. The van der Waals surface area contributed by atoms with E-state index in [2.05, 4.69) is 4.98 Å². The Hall–Kier alpha value is -3.14. The molecule has 112 valence electrons. The molecule has 0 radical (unpaired) electrons. The molecule has 0 saturated carbocycles. The van der Waals surface area contributed by atoms with Gasteiger partial charge < -0.3 is 4.98 Å². The lowest BCUT2D eigenvalue weighted by molar-refractivity contribution is 0.0642. The third-order valence-corrected chi connectivity index (χ3v) is 4.13. The second-order valence-corrected chi connectivity index (χ2v) is 5.50. The number of benzene rings is 2. The Bertz CT molecular complexity index is 862. The summed E-state index contributed by atoms with van der Waals surface area (Å²) in [6, 6.07) is 16.8. The molecule has 2 heterocycles. The van der Waals surface area contributed by atoms with Crippen molar-refractivity contribution in [1.82, 2.24) is 9.88 Å². The minimum atomic E-state index is -0.227. The van der Waals surface area contributed by atoms with Gasteiger partial charge in [-0.3, -0.25) is 14.5 Å². The van der Waals surface area contributed by atoms with Gasteiger partial charge in [0.2, 0.25) is 0 Å². The number of fused-ring (bicyclic) bond motifs is 1. The van der Waals surface area contributed by atoms with Gasteiger partial charge in [-0.25, -0.2) is 0 Å². The normalized spacial score (nSPS) is 13.5. The monoisotopic (exact) mass is 302 g/mol. The predicted octanol–water partition coefficient (Wildman–Crippen LogP) is 3.48. The Morgan fingerprint density at radius 2 is 1.39 bits per heavy atom. The number of carbonyl (C=O) groups is 2. The van der Waals surface area contributed by atoms with Crippen molar-refractivity contribution in [2.45, 2.75) is 6.54 Å². The van der Waals surface area contributed by atoms with Gasteiger partial charge in [0.15, 0.2) is 0 Å². The number of imide groups is 1. The van der Waals surface area contributed by atoms with Gasteiger partial charge in [-0.15, -0.1) is 0 Å². The first-order valence-corrected chi connectivity index (χ1v) is 7.42. The zero-order valence-electron chi connectivity index (χ0n) is 12.3. The van der Waals surface area contributed by atoms with Crippen molar-refractivity contribution in [2.75, 3.05) is 0 Å². The number of aromatic nitrogens is 1. The summed E-state index contributed by atoms with van der Waals surface area (Å²) in [7, 11) is 0. The summed E-state index contributed by atoms with van der Waals surface area (Å²) in [6.07, 6.45) is 3.76. The van der Waals surface area contributed by atoms with Crippen LogP contribution in [-0.2, 0) is 6.54 Å². The zero-order chi connectivity index (χ0) is 15.8. The number of hydrogen-bond acceptors (Lipinski definition) is 2. The summed E-state index contributed by atoms with van der Waals surface area (Å²) >= 11 is 0. The van der Waals surface area contributed by atoms with Gasteiger partial charge in [-0.2, -0.15) is 0 Å². The molecule has 1 aromatic heterocycles. The van der Waals surface area contributed by atoms with Crippen LogP contribution in [0.2, 0.25) is 0 Å². The van der Waals surface area contributed by atoms with E-state index >= 15 is 0 Å². The van der Waals surface area contributed by atoms with Crippen LogP contribution in [0.15, 0.2) is 67.0 Å². The summed E-state index contributed by atoms with van der Waals surface area (Å²) in [4.78, 5) is 29.4.